The van der Waals surface area contributed by atoms with Crippen molar-refractivity contribution in [3.8, 4) is 6.07 Å². The summed E-state index contributed by atoms with van der Waals surface area (Å²) in [5, 5.41) is 17.6. The van der Waals surface area contributed by atoms with Crippen LogP contribution >= 0.6 is 0 Å². The van der Waals surface area contributed by atoms with Gasteiger partial charge in [-0.3, -0.25) is 4.79 Å². The van der Waals surface area contributed by atoms with Crippen LogP contribution in [0, 0.1) is 17.2 Å². The Morgan fingerprint density at radius 3 is 2.72 bits per heavy atom. The molecule has 1 aliphatic heterocycles. The van der Waals surface area contributed by atoms with Crippen molar-refractivity contribution in [1.82, 2.24) is 4.31 Å². The largest absolute Gasteiger partial charge is 0.481 e. The van der Waals surface area contributed by atoms with Gasteiger partial charge >= 0.3 is 5.97 Å². The normalized spacial score (nSPS) is 24.1. The maximum absolute atomic E-state index is 11.9. The zero-order valence-electron chi connectivity index (χ0n) is 10.1. The highest BCUT2D eigenvalue weighted by molar-refractivity contribution is 7.89. The van der Waals surface area contributed by atoms with Crippen molar-refractivity contribution in [2.45, 2.75) is 19.4 Å². The van der Waals surface area contributed by atoms with E-state index >= 15 is 0 Å². The van der Waals surface area contributed by atoms with Gasteiger partial charge in [0.05, 0.1) is 31.2 Å². The number of ether oxygens (including phenoxy) is 1. The first-order chi connectivity index (χ1) is 8.44. The predicted molar refractivity (Wildman–Crippen MR) is 62.1 cm³/mol. The molecule has 8 heteroatoms. The molecule has 0 spiro atoms. The molecule has 1 N–H and O–H groups in total. The van der Waals surface area contributed by atoms with Crippen molar-refractivity contribution in [2.24, 2.45) is 5.92 Å². The number of sulfonamides is 1. The average molecular weight is 276 g/mol. The first-order valence-electron chi connectivity index (χ1n) is 5.61. The van der Waals surface area contributed by atoms with Gasteiger partial charge < -0.3 is 9.84 Å². The summed E-state index contributed by atoms with van der Waals surface area (Å²) in [6.45, 7) is 2.05. The maximum Gasteiger partial charge on any atom is 0.310 e. The zero-order chi connectivity index (χ0) is 13.8. The van der Waals surface area contributed by atoms with Gasteiger partial charge in [0, 0.05) is 6.54 Å². The van der Waals surface area contributed by atoms with Crippen LogP contribution in [-0.2, 0) is 19.6 Å². The number of carboxylic acids is 1. The molecule has 0 bridgehead atoms. The maximum atomic E-state index is 11.9. The van der Waals surface area contributed by atoms with Gasteiger partial charge in [0.15, 0.2) is 5.75 Å². The molecule has 7 nitrogen and oxygen atoms in total. The van der Waals surface area contributed by atoms with Gasteiger partial charge in [0.25, 0.3) is 0 Å². The van der Waals surface area contributed by atoms with Gasteiger partial charge in [0.1, 0.15) is 0 Å². The van der Waals surface area contributed by atoms with E-state index in [2.05, 4.69) is 0 Å². The summed E-state index contributed by atoms with van der Waals surface area (Å²) in [5.41, 5.74) is 0. The molecule has 0 aromatic carbocycles. The molecule has 102 valence electrons. The third kappa shape index (κ3) is 3.19. The fraction of sp³-hybridized carbons (Fsp3) is 0.800. The van der Waals surface area contributed by atoms with E-state index in [-0.39, 0.29) is 19.8 Å². The SMILES string of the molecule is CCCN(C1COCC1C(=O)O)S(=O)(=O)CC#N. The van der Waals surface area contributed by atoms with Crippen LogP contribution in [0.3, 0.4) is 0 Å². The number of aliphatic carboxylic acids is 1. The highest BCUT2D eigenvalue weighted by Gasteiger charge is 2.42. The Bertz CT molecular complexity index is 442. The minimum Gasteiger partial charge on any atom is -0.481 e. The Labute approximate surface area is 106 Å². The summed E-state index contributed by atoms with van der Waals surface area (Å²) in [6, 6.07) is 0.875. The van der Waals surface area contributed by atoms with Crippen LogP contribution in [0.2, 0.25) is 0 Å². The van der Waals surface area contributed by atoms with E-state index in [0.717, 1.165) is 4.31 Å². The van der Waals surface area contributed by atoms with Crippen molar-refractivity contribution in [3.63, 3.8) is 0 Å². The minimum atomic E-state index is -3.76. The molecule has 0 aliphatic carbocycles. The summed E-state index contributed by atoms with van der Waals surface area (Å²) in [7, 11) is -3.76. The van der Waals surface area contributed by atoms with E-state index in [9.17, 15) is 13.2 Å². The van der Waals surface area contributed by atoms with Crippen LogP contribution in [0.4, 0.5) is 0 Å². The highest BCUT2D eigenvalue weighted by Crippen LogP contribution is 2.23. The smallest absolute Gasteiger partial charge is 0.310 e. The lowest BCUT2D eigenvalue weighted by molar-refractivity contribution is -0.142. The van der Waals surface area contributed by atoms with E-state index in [0.29, 0.717) is 6.42 Å². The quantitative estimate of drug-likeness (QED) is 0.710. The summed E-state index contributed by atoms with van der Waals surface area (Å²) >= 11 is 0. The molecule has 0 aromatic rings. The van der Waals surface area contributed by atoms with Gasteiger partial charge in [0.2, 0.25) is 10.0 Å². The Kier molecular flexibility index (Phi) is 5.07. The summed E-state index contributed by atoms with van der Waals surface area (Å²) in [5.74, 6) is -2.59. The second kappa shape index (κ2) is 6.13. The molecule has 2 unspecified atom stereocenters. The first kappa shape index (κ1) is 14.9. The molecule has 1 fully saturated rings. The van der Waals surface area contributed by atoms with Gasteiger partial charge in [-0.15, -0.1) is 0 Å². The lowest BCUT2D eigenvalue weighted by Gasteiger charge is -2.28. The van der Waals surface area contributed by atoms with E-state index < -0.39 is 33.7 Å². The van der Waals surface area contributed by atoms with Crippen LogP contribution in [-0.4, -0.2) is 55.4 Å². The number of carbonyl (C=O) groups is 1. The molecule has 1 saturated heterocycles. The fourth-order valence-electron chi connectivity index (χ4n) is 1.96. The van der Waals surface area contributed by atoms with Gasteiger partial charge in [-0.1, -0.05) is 6.92 Å². The van der Waals surface area contributed by atoms with Gasteiger partial charge in [-0.2, -0.15) is 9.57 Å². The Hall–Kier alpha value is -1.17. The minimum absolute atomic E-state index is 0.00227. The van der Waals surface area contributed by atoms with Crippen LogP contribution in [0.25, 0.3) is 0 Å². The van der Waals surface area contributed by atoms with E-state index in [1.165, 1.54) is 0 Å². The van der Waals surface area contributed by atoms with Crippen LogP contribution in [0.15, 0.2) is 0 Å². The fourth-order valence-corrected chi connectivity index (χ4v) is 3.37. The molecule has 0 amide bonds. The summed E-state index contributed by atoms with van der Waals surface area (Å²) < 4.78 is 30.0. The number of hydrogen-bond donors (Lipinski definition) is 1. The molecular weight excluding hydrogens is 260 g/mol. The molecule has 1 heterocycles. The van der Waals surface area contributed by atoms with Gasteiger partial charge in [-0.25, -0.2) is 8.42 Å². The van der Waals surface area contributed by atoms with E-state index in [1.54, 1.807) is 13.0 Å². The third-order valence-electron chi connectivity index (χ3n) is 2.79. The van der Waals surface area contributed by atoms with Crippen molar-refractivity contribution in [1.29, 1.82) is 5.26 Å². The van der Waals surface area contributed by atoms with Crippen molar-refractivity contribution >= 4 is 16.0 Å². The van der Waals surface area contributed by atoms with Crippen LogP contribution < -0.4 is 0 Å². The van der Waals surface area contributed by atoms with E-state index in [4.69, 9.17) is 15.1 Å². The predicted octanol–water partition coefficient (Wildman–Crippen LogP) is -0.349. The third-order valence-corrected chi connectivity index (χ3v) is 4.45. The number of rotatable bonds is 6. The number of hydrogen-bond acceptors (Lipinski definition) is 5. The highest BCUT2D eigenvalue weighted by atomic mass is 32.2. The molecule has 0 saturated carbocycles. The Morgan fingerprint density at radius 1 is 1.56 bits per heavy atom. The zero-order valence-corrected chi connectivity index (χ0v) is 10.9. The standard InChI is InChI=1S/C10H16N2O5S/c1-2-4-12(18(15,16)5-3-11)9-7-17-6-8(9)10(13)14/h8-9H,2,4-7H2,1H3,(H,13,14). The van der Waals surface area contributed by atoms with Crippen LogP contribution in [0.1, 0.15) is 13.3 Å². The average Bonchev–Trinajstić information content (AvgIpc) is 2.73. The van der Waals surface area contributed by atoms with Crippen molar-refractivity contribution in [2.75, 3.05) is 25.5 Å². The summed E-state index contributed by atoms with van der Waals surface area (Å²) in [6.07, 6.45) is 0.549. The lowest BCUT2D eigenvalue weighted by Crippen LogP contribution is -2.47. The molecule has 18 heavy (non-hydrogen) atoms. The first-order valence-corrected chi connectivity index (χ1v) is 7.22. The van der Waals surface area contributed by atoms with Crippen molar-refractivity contribution in [3.05, 3.63) is 0 Å². The Morgan fingerprint density at radius 2 is 2.22 bits per heavy atom. The second-order valence-corrected chi connectivity index (χ2v) is 6.00. The summed E-state index contributed by atoms with van der Waals surface area (Å²) in [4.78, 5) is 11.0. The molecule has 2 atom stereocenters. The monoisotopic (exact) mass is 276 g/mol. The van der Waals surface area contributed by atoms with Gasteiger partial charge in [-0.05, 0) is 6.42 Å². The molecular formula is C10H16N2O5S. The number of nitriles is 1. The lowest BCUT2D eigenvalue weighted by atomic mass is 10.0. The van der Waals surface area contributed by atoms with Crippen molar-refractivity contribution < 1.29 is 23.1 Å². The molecule has 1 aliphatic rings. The number of carboxylic acid groups (broad SMARTS) is 1. The molecule has 0 aromatic heterocycles. The number of nitrogens with zero attached hydrogens (tertiary/aromatic N) is 2. The topological polar surface area (TPSA) is 108 Å². The Balaban J connectivity index is 2.98. The van der Waals surface area contributed by atoms with Crippen LogP contribution in [0.5, 0.6) is 0 Å². The van der Waals surface area contributed by atoms with E-state index in [1.807, 2.05) is 0 Å². The molecule has 1 rings (SSSR count). The second-order valence-electron chi connectivity index (χ2n) is 4.07. The molecule has 0 radical (unpaired) electrons.